The maximum Gasteiger partial charge on any atom is 0.0265 e. The smallest absolute Gasteiger partial charge is 0.0265 e. The SMILES string of the molecule is c1ccc(C(PCc2ccccc2-c2ccccc2CPC(c2ccccc2)c2ccccc2)c2ccccc2)cc1. The van der Waals surface area contributed by atoms with Gasteiger partial charge in [-0.3, -0.25) is 0 Å². The minimum absolute atomic E-state index is 0.398. The van der Waals surface area contributed by atoms with Gasteiger partial charge in [-0.1, -0.05) is 170 Å². The Morgan fingerprint density at radius 2 is 0.571 bits per heavy atom. The summed E-state index contributed by atoms with van der Waals surface area (Å²) in [5.74, 6) is 0. The molecule has 206 valence electrons. The van der Waals surface area contributed by atoms with Crippen molar-refractivity contribution < 1.29 is 0 Å². The second-order valence-electron chi connectivity index (χ2n) is 10.6. The first-order valence-electron chi connectivity index (χ1n) is 14.7. The van der Waals surface area contributed by atoms with Gasteiger partial charge in [-0.15, -0.1) is 17.2 Å². The van der Waals surface area contributed by atoms with Gasteiger partial charge in [0.2, 0.25) is 0 Å². The van der Waals surface area contributed by atoms with Crippen LogP contribution in [0, 0.1) is 0 Å². The van der Waals surface area contributed by atoms with Crippen LogP contribution in [0.15, 0.2) is 170 Å². The third kappa shape index (κ3) is 6.97. The Bertz CT molecular complexity index is 1460. The van der Waals surface area contributed by atoms with Gasteiger partial charge < -0.3 is 0 Å². The standard InChI is InChI=1S/C40H36P2/c1-5-17-31(18-6-1)39(32-19-7-2-8-20-32)41-29-35-25-13-15-27-37(35)38-28-16-14-26-36(38)30-42-40(33-21-9-3-10-22-33)34-23-11-4-12-24-34/h1-28,39-42H,29-30H2. The van der Waals surface area contributed by atoms with Gasteiger partial charge in [0.05, 0.1) is 0 Å². The third-order valence-electron chi connectivity index (χ3n) is 7.85. The van der Waals surface area contributed by atoms with Crippen molar-refractivity contribution in [2.45, 2.75) is 23.6 Å². The average Bonchev–Trinajstić information content (AvgIpc) is 3.07. The molecule has 6 rings (SSSR count). The summed E-state index contributed by atoms with van der Waals surface area (Å²) < 4.78 is 0. The van der Waals surface area contributed by atoms with Crippen LogP contribution in [0.25, 0.3) is 11.1 Å². The molecule has 0 aliphatic heterocycles. The molecule has 0 fully saturated rings. The second-order valence-corrected chi connectivity index (χ2v) is 13.3. The molecule has 0 radical (unpaired) electrons. The van der Waals surface area contributed by atoms with Crippen LogP contribution in [0.1, 0.15) is 44.7 Å². The van der Waals surface area contributed by atoms with Crippen LogP contribution in [-0.2, 0) is 12.3 Å². The van der Waals surface area contributed by atoms with E-state index in [1.165, 1.54) is 44.5 Å². The topological polar surface area (TPSA) is 0 Å². The molecule has 0 spiro atoms. The van der Waals surface area contributed by atoms with E-state index in [1.54, 1.807) is 0 Å². The van der Waals surface area contributed by atoms with Crippen LogP contribution < -0.4 is 0 Å². The normalized spacial score (nSPS) is 11.8. The van der Waals surface area contributed by atoms with E-state index in [2.05, 4.69) is 170 Å². The zero-order valence-corrected chi connectivity index (χ0v) is 25.7. The highest BCUT2D eigenvalue weighted by molar-refractivity contribution is 7.38. The lowest BCUT2D eigenvalue weighted by Gasteiger charge is -2.21. The van der Waals surface area contributed by atoms with Gasteiger partial charge in [0.15, 0.2) is 0 Å². The molecule has 0 nitrogen and oxygen atoms in total. The van der Waals surface area contributed by atoms with Gasteiger partial charge in [0, 0.05) is 11.3 Å². The van der Waals surface area contributed by atoms with Gasteiger partial charge in [-0.25, -0.2) is 0 Å². The minimum atomic E-state index is 0.398. The van der Waals surface area contributed by atoms with Crippen molar-refractivity contribution in [2.24, 2.45) is 0 Å². The van der Waals surface area contributed by atoms with Crippen molar-refractivity contribution in [3.63, 3.8) is 0 Å². The molecule has 0 bridgehead atoms. The molecule has 2 atom stereocenters. The lowest BCUT2D eigenvalue weighted by Crippen LogP contribution is -1.98. The molecule has 6 aromatic rings. The molecule has 0 amide bonds. The minimum Gasteiger partial charge on any atom is -0.105 e. The van der Waals surface area contributed by atoms with Crippen molar-refractivity contribution in [3.05, 3.63) is 203 Å². The summed E-state index contributed by atoms with van der Waals surface area (Å²) in [7, 11) is 1.51. The highest BCUT2D eigenvalue weighted by Crippen LogP contribution is 2.46. The highest BCUT2D eigenvalue weighted by Gasteiger charge is 2.18. The summed E-state index contributed by atoms with van der Waals surface area (Å²) in [4.78, 5) is 0. The summed E-state index contributed by atoms with van der Waals surface area (Å²) in [5, 5.41) is 0. The summed E-state index contributed by atoms with van der Waals surface area (Å²) in [5.41, 5.74) is 12.0. The third-order valence-corrected chi connectivity index (χ3v) is 11.2. The molecule has 0 N–H and O–H groups in total. The lowest BCUT2D eigenvalue weighted by molar-refractivity contribution is 1.13. The van der Waals surface area contributed by atoms with Crippen LogP contribution in [-0.4, -0.2) is 0 Å². The number of rotatable bonds is 11. The van der Waals surface area contributed by atoms with E-state index in [1.807, 2.05) is 0 Å². The monoisotopic (exact) mass is 578 g/mol. The fourth-order valence-electron chi connectivity index (χ4n) is 5.74. The van der Waals surface area contributed by atoms with E-state index in [0.29, 0.717) is 11.3 Å². The van der Waals surface area contributed by atoms with Gasteiger partial charge in [0.25, 0.3) is 0 Å². The molecule has 2 unspecified atom stereocenters. The number of hydrogen-bond donors (Lipinski definition) is 0. The quantitative estimate of drug-likeness (QED) is 0.134. The van der Waals surface area contributed by atoms with Crippen LogP contribution in [0.5, 0.6) is 0 Å². The summed E-state index contributed by atoms with van der Waals surface area (Å²) in [6.07, 6.45) is 2.11. The van der Waals surface area contributed by atoms with E-state index in [-0.39, 0.29) is 0 Å². The number of hydrogen-bond acceptors (Lipinski definition) is 0. The molecular weight excluding hydrogens is 542 g/mol. The van der Waals surface area contributed by atoms with Gasteiger partial charge in [-0.2, -0.15) is 0 Å². The van der Waals surface area contributed by atoms with Crippen LogP contribution >= 0.6 is 17.2 Å². The zero-order valence-electron chi connectivity index (χ0n) is 23.7. The molecule has 0 saturated heterocycles. The Morgan fingerprint density at radius 1 is 0.310 bits per heavy atom. The van der Waals surface area contributed by atoms with E-state index in [9.17, 15) is 0 Å². The van der Waals surface area contributed by atoms with Crippen molar-refractivity contribution in [1.29, 1.82) is 0 Å². The van der Waals surface area contributed by atoms with Crippen molar-refractivity contribution >= 4 is 17.2 Å². The van der Waals surface area contributed by atoms with Crippen molar-refractivity contribution in [2.75, 3.05) is 0 Å². The molecule has 0 aliphatic carbocycles. The fourth-order valence-corrected chi connectivity index (χ4v) is 8.91. The first-order chi connectivity index (χ1) is 20.9. The van der Waals surface area contributed by atoms with Gasteiger partial charge in [0.1, 0.15) is 0 Å². The predicted octanol–water partition coefficient (Wildman–Crippen LogP) is 11.3. The van der Waals surface area contributed by atoms with Crippen LogP contribution in [0.3, 0.4) is 0 Å². The molecule has 0 heterocycles. The average molecular weight is 579 g/mol. The Hall–Kier alpha value is -3.82. The maximum absolute atomic E-state index is 2.34. The molecule has 6 aromatic carbocycles. The first kappa shape index (κ1) is 28.3. The maximum atomic E-state index is 2.34. The summed E-state index contributed by atoms with van der Waals surface area (Å²) in [6.45, 7) is 0. The van der Waals surface area contributed by atoms with E-state index < -0.39 is 0 Å². The Labute approximate surface area is 254 Å². The largest absolute Gasteiger partial charge is 0.105 e. The molecule has 2 heteroatoms. The lowest BCUT2D eigenvalue weighted by atomic mass is 9.97. The van der Waals surface area contributed by atoms with Crippen LogP contribution in [0.2, 0.25) is 0 Å². The van der Waals surface area contributed by atoms with Gasteiger partial charge in [-0.05, 0) is 56.8 Å². The molecular formula is C40H36P2. The Kier molecular flexibility index (Phi) is 9.69. The van der Waals surface area contributed by atoms with Crippen molar-refractivity contribution in [3.8, 4) is 11.1 Å². The number of benzene rings is 6. The molecule has 0 aromatic heterocycles. The first-order valence-corrected chi connectivity index (χ1v) is 17.3. The van der Waals surface area contributed by atoms with Crippen molar-refractivity contribution in [1.82, 2.24) is 0 Å². The van der Waals surface area contributed by atoms with Crippen LogP contribution in [0.4, 0.5) is 0 Å². The molecule has 42 heavy (non-hydrogen) atoms. The summed E-state index contributed by atoms with van der Waals surface area (Å²) >= 11 is 0. The Balaban J connectivity index is 1.27. The second kappa shape index (κ2) is 14.4. The zero-order chi connectivity index (χ0) is 28.4. The Morgan fingerprint density at radius 3 is 0.881 bits per heavy atom. The fraction of sp³-hybridized carbons (Fsp3) is 0.100. The summed E-state index contributed by atoms with van der Waals surface area (Å²) in [6, 6.07) is 62.2. The van der Waals surface area contributed by atoms with E-state index >= 15 is 0 Å². The van der Waals surface area contributed by atoms with Gasteiger partial charge >= 0.3 is 0 Å². The molecule has 0 saturated carbocycles. The van der Waals surface area contributed by atoms with E-state index in [0.717, 1.165) is 29.5 Å². The van der Waals surface area contributed by atoms with E-state index in [4.69, 9.17) is 0 Å². The highest BCUT2D eigenvalue weighted by atomic mass is 31.1. The molecule has 0 aliphatic rings. The predicted molar refractivity (Wildman–Crippen MR) is 185 cm³/mol.